The standard InChI is InChI=1S/C14H12N2O/c17-15-12-6-7-14-11(10-12)8-9-16(14)13-4-2-1-3-5-13/h1-10,15,17H. The van der Waals surface area contributed by atoms with Crippen LogP contribution >= 0.6 is 0 Å². The average Bonchev–Trinajstić information content (AvgIpc) is 2.82. The van der Waals surface area contributed by atoms with E-state index in [1.807, 2.05) is 48.7 Å². The van der Waals surface area contributed by atoms with Crippen LogP contribution in [0.5, 0.6) is 0 Å². The molecule has 3 heteroatoms. The molecule has 3 aromatic rings. The average molecular weight is 224 g/mol. The van der Waals surface area contributed by atoms with Crippen molar-refractivity contribution in [2.75, 3.05) is 5.48 Å². The normalized spacial score (nSPS) is 10.6. The lowest BCUT2D eigenvalue weighted by atomic mass is 10.2. The Bertz CT molecular complexity index is 644. The largest absolute Gasteiger partial charge is 0.317 e. The maximum absolute atomic E-state index is 8.86. The summed E-state index contributed by atoms with van der Waals surface area (Å²) >= 11 is 0. The van der Waals surface area contributed by atoms with E-state index in [4.69, 9.17) is 5.21 Å². The van der Waals surface area contributed by atoms with Gasteiger partial charge in [-0.3, -0.25) is 10.7 Å². The molecule has 2 aromatic carbocycles. The fraction of sp³-hybridized carbons (Fsp3) is 0. The van der Waals surface area contributed by atoms with E-state index in [2.05, 4.69) is 22.2 Å². The van der Waals surface area contributed by atoms with Gasteiger partial charge < -0.3 is 4.57 Å². The van der Waals surface area contributed by atoms with Crippen molar-refractivity contribution in [2.45, 2.75) is 0 Å². The number of hydrogen-bond donors (Lipinski definition) is 2. The molecular weight excluding hydrogens is 212 g/mol. The SMILES string of the molecule is ONc1ccc2c(ccn2-c2ccccc2)c1. The predicted molar refractivity (Wildman–Crippen MR) is 68.7 cm³/mol. The molecule has 84 valence electrons. The van der Waals surface area contributed by atoms with E-state index in [1.54, 1.807) is 0 Å². The zero-order valence-corrected chi connectivity index (χ0v) is 9.17. The molecule has 0 radical (unpaired) electrons. The Morgan fingerprint density at radius 3 is 2.53 bits per heavy atom. The molecule has 0 saturated heterocycles. The van der Waals surface area contributed by atoms with E-state index < -0.39 is 0 Å². The summed E-state index contributed by atoms with van der Waals surface area (Å²) in [5.74, 6) is 0. The van der Waals surface area contributed by atoms with Gasteiger partial charge in [0, 0.05) is 17.3 Å². The van der Waals surface area contributed by atoms with E-state index in [0.29, 0.717) is 5.69 Å². The number of fused-ring (bicyclic) bond motifs is 1. The van der Waals surface area contributed by atoms with E-state index in [9.17, 15) is 0 Å². The third kappa shape index (κ3) is 1.66. The first kappa shape index (κ1) is 9.93. The summed E-state index contributed by atoms with van der Waals surface area (Å²) in [6, 6.07) is 18.0. The van der Waals surface area contributed by atoms with Crippen molar-refractivity contribution in [1.29, 1.82) is 0 Å². The smallest absolute Gasteiger partial charge is 0.0609 e. The molecule has 17 heavy (non-hydrogen) atoms. The fourth-order valence-electron chi connectivity index (χ4n) is 2.03. The van der Waals surface area contributed by atoms with Gasteiger partial charge in [-0.2, -0.15) is 0 Å². The number of benzene rings is 2. The lowest BCUT2D eigenvalue weighted by Crippen LogP contribution is -1.92. The second kappa shape index (κ2) is 3.96. The summed E-state index contributed by atoms with van der Waals surface area (Å²) in [4.78, 5) is 0. The molecule has 0 bridgehead atoms. The first-order valence-corrected chi connectivity index (χ1v) is 5.45. The summed E-state index contributed by atoms with van der Waals surface area (Å²) in [5.41, 5.74) is 5.11. The lowest BCUT2D eigenvalue weighted by molar-refractivity contribution is 0.389. The topological polar surface area (TPSA) is 37.2 Å². The van der Waals surface area contributed by atoms with Gasteiger partial charge in [-0.1, -0.05) is 18.2 Å². The summed E-state index contributed by atoms with van der Waals surface area (Å²) in [7, 11) is 0. The minimum Gasteiger partial charge on any atom is -0.317 e. The zero-order chi connectivity index (χ0) is 11.7. The monoisotopic (exact) mass is 224 g/mol. The number of anilines is 1. The third-order valence-electron chi connectivity index (χ3n) is 2.85. The Labute approximate surface area is 98.9 Å². The van der Waals surface area contributed by atoms with Crippen molar-refractivity contribution >= 4 is 16.6 Å². The van der Waals surface area contributed by atoms with Gasteiger partial charge in [0.05, 0.1) is 11.2 Å². The molecule has 3 nitrogen and oxygen atoms in total. The highest BCUT2D eigenvalue weighted by atomic mass is 16.5. The van der Waals surface area contributed by atoms with Crippen LogP contribution < -0.4 is 5.48 Å². The van der Waals surface area contributed by atoms with Crippen LogP contribution in [0.2, 0.25) is 0 Å². The highest BCUT2D eigenvalue weighted by molar-refractivity contribution is 5.85. The van der Waals surface area contributed by atoms with Gasteiger partial charge in [0.2, 0.25) is 0 Å². The second-order valence-corrected chi connectivity index (χ2v) is 3.91. The third-order valence-corrected chi connectivity index (χ3v) is 2.85. The number of hydrogen-bond acceptors (Lipinski definition) is 2. The molecule has 0 fully saturated rings. The van der Waals surface area contributed by atoms with Gasteiger partial charge in [0.1, 0.15) is 0 Å². The van der Waals surface area contributed by atoms with E-state index >= 15 is 0 Å². The molecule has 0 aliphatic carbocycles. The van der Waals surface area contributed by atoms with Crippen LogP contribution in [-0.2, 0) is 0 Å². The molecule has 0 aliphatic rings. The van der Waals surface area contributed by atoms with Crippen molar-refractivity contribution < 1.29 is 5.21 Å². The first-order valence-electron chi connectivity index (χ1n) is 5.45. The number of nitrogens with one attached hydrogen (secondary N) is 1. The van der Waals surface area contributed by atoms with Gasteiger partial charge in [-0.15, -0.1) is 0 Å². The summed E-state index contributed by atoms with van der Waals surface area (Å²) in [6.45, 7) is 0. The molecular formula is C14H12N2O. The number of aromatic nitrogens is 1. The molecule has 0 aliphatic heterocycles. The van der Waals surface area contributed by atoms with Crippen LogP contribution in [0.15, 0.2) is 60.8 Å². The highest BCUT2D eigenvalue weighted by Gasteiger charge is 2.03. The van der Waals surface area contributed by atoms with E-state index in [-0.39, 0.29) is 0 Å². The Balaban J connectivity index is 2.19. The van der Waals surface area contributed by atoms with Crippen molar-refractivity contribution in [3.8, 4) is 5.69 Å². The Hall–Kier alpha value is -2.26. The Morgan fingerprint density at radius 1 is 0.941 bits per heavy atom. The maximum Gasteiger partial charge on any atom is 0.0609 e. The molecule has 0 amide bonds. The van der Waals surface area contributed by atoms with E-state index in [0.717, 1.165) is 16.6 Å². The Kier molecular flexibility index (Phi) is 2.31. The summed E-state index contributed by atoms with van der Waals surface area (Å²) in [5, 5.41) is 9.95. The number of nitrogens with zero attached hydrogens (tertiary/aromatic N) is 1. The molecule has 0 spiro atoms. The summed E-state index contributed by atoms with van der Waals surface area (Å²) in [6.07, 6.45) is 2.03. The van der Waals surface area contributed by atoms with Gasteiger partial charge in [-0.25, -0.2) is 0 Å². The molecule has 2 N–H and O–H groups in total. The number of para-hydroxylation sites is 1. The minimum absolute atomic E-state index is 0.698. The van der Waals surface area contributed by atoms with Crippen molar-refractivity contribution in [3.63, 3.8) is 0 Å². The van der Waals surface area contributed by atoms with Gasteiger partial charge in [-0.05, 0) is 36.4 Å². The van der Waals surface area contributed by atoms with Crippen LogP contribution in [0, 0.1) is 0 Å². The van der Waals surface area contributed by atoms with Gasteiger partial charge in [0.25, 0.3) is 0 Å². The zero-order valence-electron chi connectivity index (χ0n) is 9.17. The second-order valence-electron chi connectivity index (χ2n) is 3.91. The summed E-state index contributed by atoms with van der Waals surface area (Å²) < 4.78 is 2.12. The van der Waals surface area contributed by atoms with Crippen LogP contribution in [0.25, 0.3) is 16.6 Å². The molecule has 3 rings (SSSR count). The van der Waals surface area contributed by atoms with Crippen LogP contribution in [-0.4, -0.2) is 9.77 Å². The quantitative estimate of drug-likeness (QED) is 0.654. The lowest BCUT2D eigenvalue weighted by Gasteiger charge is -2.05. The first-order chi connectivity index (χ1) is 8.38. The van der Waals surface area contributed by atoms with Crippen molar-refractivity contribution in [2.24, 2.45) is 0 Å². The maximum atomic E-state index is 8.86. The molecule has 1 heterocycles. The van der Waals surface area contributed by atoms with Crippen LogP contribution in [0.3, 0.4) is 0 Å². The predicted octanol–water partition coefficient (Wildman–Crippen LogP) is 3.43. The molecule has 0 atom stereocenters. The van der Waals surface area contributed by atoms with Crippen LogP contribution in [0.1, 0.15) is 0 Å². The molecule has 0 saturated carbocycles. The molecule has 1 aromatic heterocycles. The minimum atomic E-state index is 0.698. The van der Waals surface area contributed by atoms with E-state index in [1.165, 1.54) is 0 Å². The highest BCUT2D eigenvalue weighted by Crippen LogP contribution is 2.23. The van der Waals surface area contributed by atoms with Crippen molar-refractivity contribution in [3.05, 3.63) is 60.8 Å². The van der Waals surface area contributed by atoms with Gasteiger partial charge in [0.15, 0.2) is 0 Å². The van der Waals surface area contributed by atoms with Crippen molar-refractivity contribution in [1.82, 2.24) is 4.57 Å². The van der Waals surface area contributed by atoms with Gasteiger partial charge >= 0.3 is 0 Å². The fourth-order valence-corrected chi connectivity index (χ4v) is 2.03. The Morgan fingerprint density at radius 2 is 1.76 bits per heavy atom. The van der Waals surface area contributed by atoms with Crippen LogP contribution in [0.4, 0.5) is 5.69 Å². The number of rotatable bonds is 2. The molecule has 0 unspecified atom stereocenters.